The highest BCUT2D eigenvalue weighted by Gasteiger charge is 1.86. The summed E-state index contributed by atoms with van der Waals surface area (Å²) in [5.41, 5.74) is 0. The van der Waals surface area contributed by atoms with Gasteiger partial charge >= 0.3 is 0 Å². The molecular weight excluding hydrogens is 78.0 g/mol. The molecule has 0 aliphatic rings. The molecule has 1 atom stereocenters. The fraction of sp³-hybridized carbons (Fsp3) is 0.750. The van der Waals surface area contributed by atoms with E-state index in [4.69, 9.17) is 0 Å². The Hall–Kier alpha value is -0.0800. The summed E-state index contributed by atoms with van der Waals surface area (Å²) in [5, 5.41) is 0. The van der Waals surface area contributed by atoms with Gasteiger partial charge in [0, 0.05) is 0 Å². The Morgan fingerprint density at radius 2 is 2.50 bits per heavy atom. The monoisotopic (exact) mass is 88.1 g/mol. The molecule has 2 N–H and O–H groups in total. The van der Waals surface area contributed by atoms with Crippen molar-refractivity contribution in [2.45, 2.75) is 6.92 Å². The molecule has 0 saturated heterocycles. The Kier molecular flexibility index (Phi) is 3.08. The highest BCUT2D eigenvalue weighted by atomic mass is 16.6. The van der Waals surface area contributed by atoms with E-state index in [9.17, 15) is 0 Å². The van der Waals surface area contributed by atoms with Gasteiger partial charge in [0.2, 0.25) is 0 Å². The first-order valence-electron chi connectivity index (χ1n) is 1.92. The summed E-state index contributed by atoms with van der Waals surface area (Å²) < 4.78 is 0. The van der Waals surface area contributed by atoms with Gasteiger partial charge < -0.3 is 4.84 Å². The Labute approximate surface area is 38.2 Å². The van der Waals surface area contributed by atoms with E-state index < -0.39 is 0 Å². The second-order valence-corrected chi connectivity index (χ2v) is 1.44. The van der Waals surface area contributed by atoms with Gasteiger partial charge in [-0.2, -0.15) is 0 Å². The van der Waals surface area contributed by atoms with Crippen LogP contribution >= 0.6 is 0 Å². The summed E-state index contributed by atoms with van der Waals surface area (Å²) in [7, 11) is 0. The van der Waals surface area contributed by atoms with E-state index in [1.54, 1.807) is 0 Å². The zero-order chi connectivity index (χ0) is 4.99. The van der Waals surface area contributed by atoms with Gasteiger partial charge in [-0.1, -0.05) is 6.92 Å². The van der Waals surface area contributed by atoms with E-state index in [2.05, 4.69) is 17.7 Å². The number of rotatable bonds is 2. The van der Waals surface area contributed by atoms with Gasteiger partial charge in [-0.15, -0.1) is 0 Å². The van der Waals surface area contributed by atoms with Gasteiger partial charge in [-0.25, -0.2) is 5.90 Å². The largest absolute Gasteiger partial charge is 0.304 e. The van der Waals surface area contributed by atoms with Crippen LogP contribution in [0.2, 0.25) is 0 Å². The van der Waals surface area contributed by atoms with Crippen molar-refractivity contribution >= 4 is 0 Å². The normalized spacial score (nSPS) is 10.0. The molecule has 0 spiro atoms. The SMILES string of the molecule is [CH2]C(C)CON. The zero-order valence-electron chi connectivity index (χ0n) is 3.98. The Bertz CT molecular complexity index is 28.7. The second-order valence-electron chi connectivity index (χ2n) is 1.44. The minimum atomic E-state index is 0.301. The molecule has 0 aliphatic heterocycles. The van der Waals surface area contributed by atoms with Crippen LogP contribution in [0.15, 0.2) is 0 Å². The molecule has 1 radical (unpaired) electrons. The minimum Gasteiger partial charge on any atom is -0.304 e. The number of hydrogen-bond acceptors (Lipinski definition) is 2. The average molecular weight is 88.1 g/mol. The number of hydrogen-bond donors (Lipinski definition) is 1. The molecule has 2 nitrogen and oxygen atoms in total. The first kappa shape index (κ1) is 5.92. The molecule has 0 aromatic carbocycles. The van der Waals surface area contributed by atoms with Crippen LogP contribution in [-0.2, 0) is 4.84 Å². The fourth-order valence-corrected chi connectivity index (χ4v) is 0.164. The van der Waals surface area contributed by atoms with Crippen molar-refractivity contribution in [1.82, 2.24) is 0 Å². The van der Waals surface area contributed by atoms with Crippen LogP contribution in [0, 0.1) is 12.8 Å². The average Bonchev–Trinajstić information content (AvgIpc) is 1.35. The van der Waals surface area contributed by atoms with E-state index in [-0.39, 0.29) is 0 Å². The lowest BCUT2D eigenvalue weighted by molar-refractivity contribution is 0.119. The van der Waals surface area contributed by atoms with E-state index >= 15 is 0 Å². The van der Waals surface area contributed by atoms with Gasteiger partial charge in [0.25, 0.3) is 0 Å². The predicted octanol–water partition coefficient (Wildman–Crippen LogP) is 0.347. The van der Waals surface area contributed by atoms with E-state index in [1.807, 2.05) is 6.92 Å². The molecule has 0 rings (SSSR count). The summed E-state index contributed by atoms with van der Waals surface area (Å²) in [4.78, 5) is 4.24. The van der Waals surface area contributed by atoms with Gasteiger partial charge in [0.05, 0.1) is 6.61 Å². The smallest absolute Gasteiger partial charge is 0.0704 e. The summed E-state index contributed by atoms with van der Waals surface area (Å²) in [6, 6.07) is 0. The van der Waals surface area contributed by atoms with E-state index in [0.29, 0.717) is 12.5 Å². The van der Waals surface area contributed by atoms with Crippen molar-refractivity contribution in [2.24, 2.45) is 11.8 Å². The van der Waals surface area contributed by atoms with Crippen molar-refractivity contribution in [1.29, 1.82) is 0 Å². The highest BCUT2D eigenvalue weighted by molar-refractivity contribution is 4.48. The molecular formula is C4H10NO. The summed E-state index contributed by atoms with van der Waals surface area (Å²) in [6.45, 7) is 6.10. The molecule has 0 aromatic heterocycles. The molecule has 2 heteroatoms. The van der Waals surface area contributed by atoms with Gasteiger partial charge in [0.15, 0.2) is 0 Å². The van der Waals surface area contributed by atoms with E-state index in [0.717, 1.165) is 0 Å². The lowest BCUT2D eigenvalue weighted by atomic mass is 10.2. The highest BCUT2D eigenvalue weighted by Crippen LogP contribution is 1.86. The molecule has 0 heterocycles. The molecule has 37 valence electrons. The van der Waals surface area contributed by atoms with Crippen molar-refractivity contribution in [3.05, 3.63) is 6.92 Å². The Morgan fingerprint density at radius 3 is 2.50 bits per heavy atom. The lowest BCUT2D eigenvalue weighted by Gasteiger charge is -1.96. The maximum Gasteiger partial charge on any atom is 0.0704 e. The number of nitrogens with two attached hydrogens (primary N) is 1. The third-order valence-corrected chi connectivity index (χ3v) is 0.381. The van der Waals surface area contributed by atoms with E-state index in [1.165, 1.54) is 0 Å². The Balaban J connectivity index is 2.63. The van der Waals surface area contributed by atoms with Crippen LogP contribution in [0.25, 0.3) is 0 Å². The molecule has 1 unspecified atom stereocenters. The van der Waals surface area contributed by atoms with Gasteiger partial charge in [0.1, 0.15) is 0 Å². The maximum absolute atomic E-state index is 4.69. The zero-order valence-corrected chi connectivity index (χ0v) is 3.98. The maximum atomic E-state index is 4.69. The van der Waals surface area contributed by atoms with Crippen LogP contribution in [0.4, 0.5) is 0 Å². The molecule has 6 heavy (non-hydrogen) atoms. The molecule has 0 aromatic rings. The first-order chi connectivity index (χ1) is 2.77. The van der Waals surface area contributed by atoms with Crippen molar-refractivity contribution in [3.8, 4) is 0 Å². The second kappa shape index (κ2) is 3.12. The minimum absolute atomic E-state index is 0.301. The summed E-state index contributed by atoms with van der Waals surface area (Å²) >= 11 is 0. The topological polar surface area (TPSA) is 35.2 Å². The third kappa shape index (κ3) is 3.92. The quantitative estimate of drug-likeness (QED) is 0.494. The summed E-state index contributed by atoms with van der Waals surface area (Å²) in [6.07, 6.45) is 0. The molecule has 0 fully saturated rings. The van der Waals surface area contributed by atoms with Crippen LogP contribution in [0.5, 0.6) is 0 Å². The Morgan fingerprint density at radius 1 is 2.00 bits per heavy atom. The van der Waals surface area contributed by atoms with Crippen LogP contribution in [0.3, 0.4) is 0 Å². The summed E-state index contributed by atoms with van der Waals surface area (Å²) in [5.74, 6) is 4.99. The van der Waals surface area contributed by atoms with Crippen molar-refractivity contribution in [2.75, 3.05) is 6.61 Å². The van der Waals surface area contributed by atoms with Crippen LogP contribution in [-0.4, -0.2) is 6.61 Å². The predicted molar refractivity (Wildman–Crippen MR) is 24.7 cm³/mol. The molecule has 0 aliphatic carbocycles. The molecule has 0 amide bonds. The lowest BCUT2D eigenvalue weighted by Crippen LogP contribution is -2.06. The fourth-order valence-electron chi connectivity index (χ4n) is 0.164. The van der Waals surface area contributed by atoms with Crippen LogP contribution in [0.1, 0.15) is 6.92 Å². The first-order valence-corrected chi connectivity index (χ1v) is 1.92. The van der Waals surface area contributed by atoms with Crippen molar-refractivity contribution in [3.63, 3.8) is 0 Å². The standard InChI is InChI=1S/C4H10NO/c1-4(2)3-6-5/h4H,1,3,5H2,2H3. The van der Waals surface area contributed by atoms with Crippen molar-refractivity contribution < 1.29 is 4.84 Å². The van der Waals surface area contributed by atoms with Gasteiger partial charge in [-0.3, -0.25) is 0 Å². The molecule has 0 bridgehead atoms. The van der Waals surface area contributed by atoms with Crippen LogP contribution < -0.4 is 5.90 Å². The molecule has 0 saturated carbocycles. The van der Waals surface area contributed by atoms with Gasteiger partial charge in [-0.05, 0) is 12.8 Å². The third-order valence-electron chi connectivity index (χ3n) is 0.381.